The number of hydrogen-bond donors (Lipinski definition) is 2. The molecule has 0 saturated carbocycles. The summed E-state index contributed by atoms with van der Waals surface area (Å²) < 4.78 is 0. The Hall–Kier alpha value is -3.28. The highest BCUT2D eigenvalue weighted by Gasteiger charge is 2.11. The largest absolute Gasteiger partial charge is 0.399 e. The fourth-order valence-corrected chi connectivity index (χ4v) is 2.94. The van der Waals surface area contributed by atoms with Crippen LogP contribution in [0.15, 0.2) is 46.4 Å². The van der Waals surface area contributed by atoms with Gasteiger partial charge in [-0.25, -0.2) is 0 Å². The third kappa shape index (κ3) is 5.87. The number of hydrogen-bond acceptors (Lipinski definition) is 6. The number of carbonyl (C=O) groups excluding carboxylic acids is 2. The number of nitrogens with two attached hydrogens (primary N) is 2. The summed E-state index contributed by atoms with van der Waals surface area (Å²) in [6.07, 6.45) is 0.580. The van der Waals surface area contributed by atoms with Crippen LogP contribution in [-0.4, -0.2) is 23.0 Å². The zero-order chi connectivity index (χ0) is 20.8. The van der Waals surface area contributed by atoms with Gasteiger partial charge in [-0.2, -0.15) is 0 Å². The fraction of sp³-hybridized carbons (Fsp3) is 0.273. The summed E-state index contributed by atoms with van der Waals surface area (Å²) in [6.45, 7) is 6.70. The number of Topliss-reactive ketones (excluding diaryl/α,β-unsaturated/α-hetero) is 2. The fourth-order valence-electron chi connectivity index (χ4n) is 2.94. The Morgan fingerprint density at radius 3 is 2.00 bits per heavy atom. The molecule has 0 atom stereocenters. The van der Waals surface area contributed by atoms with Gasteiger partial charge < -0.3 is 11.5 Å². The standard InChI is InChI=1S/C22H26N4O2/c1-13(9-15(3)27)25-18-6-8-22(26-14(2)10-16(4)28)20(12-18)19-11-17(23)5-7-21(19)24/h5-8,11-12H,9-10,23-24H2,1-4H3. The summed E-state index contributed by atoms with van der Waals surface area (Å²) in [7, 11) is 0. The lowest BCUT2D eigenvalue weighted by Gasteiger charge is -2.12. The summed E-state index contributed by atoms with van der Waals surface area (Å²) in [6, 6.07) is 10.8. The van der Waals surface area contributed by atoms with Crippen molar-refractivity contribution in [2.45, 2.75) is 40.5 Å². The molecule has 0 amide bonds. The lowest BCUT2D eigenvalue weighted by Crippen LogP contribution is -2.00. The van der Waals surface area contributed by atoms with Crippen LogP contribution < -0.4 is 11.5 Å². The van der Waals surface area contributed by atoms with Crippen molar-refractivity contribution in [1.29, 1.82) is 0 Å². The van der Waals surface area contributed by atoms with E-state index < -0.39 is 0 Å². The minimum Gasteiger partial charge on any atom is -0.399 e. The van der Waals surface area contributed by atoms with Crippen molar-refractivity contribution < 1.29 is 9.59 Å². The second-order valence-electron chi connectivity index (χ2n) is 7.00. The number of rotatable bonds is 7. The molecule has 0 aliphatic rings. The van der Waals surface area contributed by atoms with Gasteiger partial charge in [0.05, 0.1) is 11.4 Å². The average molecular weight is 378 g/mol. The molecule has 0 fully saturated rings. The average Bonchev–Trinajstić information content (AvgIpc) is 2.57. The van der Waals surface area contributed by atoms with E-state index >= 15 is 0 Å². The Morgan fingerprint density at radius 2 is 1.39 bits per heavy atom. The molecule has 0 aliphatic carbocycles. The van der Waals surface area contributed by atoms with E-state index in [9.17, 15) is 9.59 Å². The van der Waals surface area contributed by atoms with Crippen LogP contribution in [-0.2, 0) is 9.59 Å². The first kappa shape index (κ1) is 21.0. The van der Waals surface area contributed by atoms with E-state index in [2.05, 4.69) is 9.98 Å². The molecular weight excluding hydrogens is 352 g/mol. The van der Waals surface area contributed by atoms with Gasteiger partial charge in [0.15, 0.2) is 0 Å². The zero-order valence-corrected chi connectivity index (χ0v) is 16.7. The molecule has 6 nitrogen and oxygen atoms in total. The monoisotopic (exact) mass is 378 g/mol. The Bertz CT molecular complexity index is 974. The molecule has 0 heterocycles. The lowest BCUT2D eigenvalue weighted by molar-refractivity contribution is -0.116. The van der Waals surface area contributed by atoms with Crippen molar-refractivity contribution in [3.05, 3.63) is 36.4 Å². The summed E-state index contributed by atoms with van der Waals surface area (Å²) in [5.74, 6) is 0.106. The molecule has 146 valence electrons. The van der Waals surface area contributed by atoms with Crippen molar-refractivity contribution in [2.75, 3.05) is 11.5 Å². The first-order chi connectivity index (χ1) is 13.2. The SMILES string of the molecule is CC(=O)CC(C)=Nc1ccc(N=C(C)CC(C)=O)c(-c2cc(N)ccc2N)c1. The van der Waals surface area contributed by atoms with Gasteiger partial charge in [0.1, 0.15) is 11.6 Å². The van der Waals surface area contributed by atoms with E-state index in [1.54, 1.807) is 18.2 Å². The minimum atomic E-state index is 0.0485. The molecule has 2 aromatic carbocycles. The van der Waals surface area contributed by atoms with Gasteiger partial charge >= 0.3 is 0 Å². The van der Waals surface area contributed by atoms with Gasteiger partial charge in [-0.1, -0.05) is 0 Å². The molecule has 0 radical (unpaired) electrons. The molecule has 2 rings (SSSR count). The van der Waals surface area contributed by atoms with Crippen molar-refractivity contribution in [3.8, 4) is 11.1 Å². The normalized spacial score (nSPS) is 12.1. The van der Waals surface area contributed by atoms with Crippen LogP contribution >= 0.6 is 0 Å². The second kappa shape index (κ2) is 9.08. The number of aliphatic imine (C=N–C) groups is 2. The van der Waals surface area contributed by atoms with Crippen LogP contribution in [0.3, 0.4) is 0 Å². The van der Waals surface area contributed by atoms with Crippen molar-refractivity contribution in [2.24, 2.45) is 9.98 Å². The number of nitrogens with zero attached hydrogens (tertiary/aromatic N) is 2. The van der Waals surface area contributed by atoms with Gasteiger partial charge in [-0.3, -0.25) is 19.6 Å². The first-order valence-corrected chi connectivity index (χ1v) is 9.02. The highest BCUT2D eigenvalue weighted by Crippen LogP contribution is 2.38. The van der Waals surface area contributed by atoms with Crippen LogP contribution in [0.1, 0.15) is 40.5 Å². The molecule has 0 bridgehead atoms. The zero-order valence-electron chi connectivity index (χ0n) is 16.7. The number of ketones is 2. The summed E-state index contributed by atoms with van der Waals surface area (Å²) in [5.41, 5.74) is 17.6. The summed E-state index contributed by atoms with van der Waals surface area (Å²) >= 11 is 0. The second-order valence-corrected chi connectivity index (χ2v) is 7.00. The van der Waals surface area contributed by atoms with E-state index in [0.29, 0.717) is 34.9 Å². The maximum atomic E-state index is 11.4. The van der Waals surface area contributed by atoms with E-state index in [0.717, 1.165) is 16.8 Å². The molecule has 0 unspecified atom stereocenters. The van der Waals surface area contributed by atoms with Crippen LogP contribution in [0.25, 0.3) is 11.1 Å². The number of anilines is 2. The van der Waals surface area contributed by atoms with E-state index in [1.165, 1.54) is 13.8 Å². The molecule has 28 heavy (non-hydrogen) atoms. The Balaban J connectivity index is 2.61. The highest BCUT2D eigenvalue weighted by molar-refractivity contribution is 6.02. The smallest absolute Gasteiger partial charge is 0.135 e. The summed E-state index contributed by atoms with van der Waals surface area (Å²) in [4.78, 5) is 31.9. The third-order valence-corrected chi connectivity index (χ3v) is 3.99. The number of carbonyl (C=O) groups is 2. The predicted octanol–water partition coefficient (Wildman–Crippen LogP) is 4.66. The third-order valence-electron chi connectivity index (χ3n) is 3.99. The van der Waals surface area contributed by atoms with Crippen molar-refractivity contribution >= 4 is 45.7 Å². The molecule has 6 heteroatoms. The number of nitrogen functional groups attached to an aromatic ring is 2. The Labute approximate surface area is 165 Å². The maximum absolute atomic E-state index is 11.4. The topological polar surface area (TPSA) is 111 Å². The minimum absolute atomic E-state index is 0.0485. The van der Waals surface area contributed by atoms with Crippen LogP contribution in [0, 0.1) is 0 Å². The summed E-state index contributed by atoms with van der Waals surface area (Å²) in [5, 5.41) is 0. The molecule has 0 saturated heterocycles. The molecule has 0 aliphatic heterocycles. The van der Waals surface area contributed by atoms with Gasteiger partial charge in [-0.05, 0) is 64.1 Å². The van der Waals surface area contributed by atoms with E-state index in [-0.39, 0.29) is 18.0 Å². The number of benzene rings is 2. The molecular formula is C22H26N4O2. The van der Waals surface area contributed by atoms with Crippen LogP contribution in [0.5, 0.6) is 0 Å². The maximum Gasteiger partial charge on any atom is 0.135 e. The Kier molecular flexibility index (Phi) is 6.82. The van der Waals surface area contributed by atoms with Gasteiger partial charge in [-0.15, -0.1) is 0 Å². The van der Waals surface area contributed by atoms with Crippen LogP contribution in [0.4, 0.5) is 22.7 Å². The quantitative estimate of drug-likeness (QED) is 0.539. The van der Waals surface area contributed by atoms with Gasteiger partial charge in [0, 0.05) is 46.8 Å². The van der Waals surface area contributed by atoms with Crippen LogP contribution in [0.2, 0.25) is 0 Å². The molecule has 0 aromatic heterocycles. The van der Waals surface area contributed by atoms with Crippen molar-refractivity contribution in [3.63, 3.8) is 0 Å². The van der Waals surface area contributed by atoms with Crippen molar-refractivity contribution in [1.82, 2.24) is 0 Å². The van der Waals surface area contributed by atoms with E-state index in [1.807, 2.05) is 32.0 Å². The Morgan fingerprint density at radius 1 is 0.786 bits per heavy atom. The predicted molar refractivity (Wildman–Crippen MR) is 117 cm³/mol. The van der Waals surface area contributed by atoms with E-state index in [4.69, 9.17) is 11.5 Å². The molecule has 2 aromatic rings. The molecule has 0 spiro atoms. The lowest BCUT2D eigenvalue weighted by atomic mass is 10.00. The first-order valence-electron chi connectivity index (χ1n) is 9.02. The van der Waals surface area contributed by atoms with Gasteiger partial charge in [0.2, 0.25) is 0 Å². The highest BCUT2D eigenvalue weighted by atomic mass is 16.1. The molecule has 4 N–H and O–H groups in total. The van der Waals surface area contributed by atoms with Gasteiger partial charge in [0.25, 0.3) is 0 Å².